The van der Waals surface area contributed by atoms with E-state index in [1.54, 1.807) is 31.3 Å². The summed E-state index contributed by atoms with van der Waals surface area (Å²) in [7, 11) is 1.64. The van der Waals surface area contributed by atoms with Gasteiger partial charge in [-0.2, -0.15) is 10.1 Å². The first-order chi connectivity index (χ1) is 12.2. The first kappa shape index (κ1) is 17.0. The fourth-order valence-electron chi connectivity index (χ4n) is 2.02. The van der Waals surface area contributed by atoms with Crippen molar-refractivity contribution in [3.8, 4) is 5.75 Å². The molecule has 2 N–H and O–H groups in total. The highest BCUT2D eigenvalue weighted by Gasteiger charge is 2.04. The monoisotopic (exact) mass is 354 g/mol. The second kappa shape index (κ2) is 8.29. The lowest BCUT2D eigenvalue weighted by Crippen LogP contribution is -2.00. The molecule has 25 heavy (non-hydrogen) atoms. The number of rotatable bonds is 7. The van der Waals surface area contributed by atoms with E-state index in [4.69, 9.17) is 4.74 Å². The normalized spacial score (nSPS) is 11.4. The van der Waals surface area contributed by atoms with E-state index in [9.17, 15) is 0 Å². The second-order valence-corrected chi connectivity index (χ2v) is 6.09. The first-order valence-corrected chi connectivity index (χ1v) is 8.62. The Morgan fingerprint density at radius 1 is 1.20 bits per heavy atom. The maximum absolute atomic E-state index is 5.15. The number of ether oxygens (including phenoxy) is 1. The van der Waals surface area contributed by atoms with E-state index in [0.717, 1.165) is 22.8 Å². The standard InChI is InChI=1S/C17H18N6OS/c1-12(14-3-5-15(24-2)6-4-14)20-21-16-19-17(23-22-16)25-11-13-7-9-18-10-8-13/h3-10H,11H2,1-2H3,(H2,19,21,22,23)/b20-12+. The van der Waals surface area contributed by atoms with Crippen LogP contribution in [0.15, 0.2) is 59.0 Å². The smallest absolute Gasteiger partial charge is 0.240 e. The van der Waals surface area contributed by atoms with E-state index >= 15 is 0 Å². The van der Waals surface area contributed by atoms with Crippen molar-refractivity contribution in [2.24, 2.45) is 5.10 Å². The number of aromatic nitrogens is 4. The highest BCUT2D eigenvalue weighted by molar-refractivity contribution is 7.98. The highest BCUT2D eigenvalue weighted by atomic mass is 32.2. The molecule has 0 saturated heterocycles. The molecule has 0 bridgehead atoms. The van der Waals surface area contributed by atoms with Gasteiger partial charge in [-0.1, -0.05) is 11.8 Å². The van der Waals surface area contributed by atoms with E-state index in [0.29, 0.717) is 11.1 Å². The van der Waals surface area contributed by atoms with E-state index < -0.39 is 0 Å². The third kappa shape index (κ3) is 4.80. The summed E-state index contributed by atoms with van der Waals surface area (Å²) in [6.07, 6.45) is 3.55. The maximum Gasteiger partial charge on any atom is 0.240 e. The SMILES string of the molecule is COc1ccc(/C(C)=N/Nc2nc(SCc3ccncc3)n[nH]2)cc1. The summed E-state index contributed by atoms with van der Waals surface area (Å²) >= 11 is 1.55. The van der Waals surface area contributed by atoms with Gasteiger partial charge >= 0.3 is 0 Å². The van der Waals surface area contributed by atoms with E-state index in [1.165, 1.54) is 5.56 Å². The van der Waals surface area contributed by atoms with Gasteiger partial charge in [-0.25, -0.2) is 10.5 Å². The molecule has 7 nitrogen and oxygen atoms in total. The zero-order valence-corrected chi connectivity index (χ0v) is 14.7. The molecule has 2 aromatic heterocycles. The molecule has 0 aliphatic carbocycles. The summed E-state index contributed by atoms with van der Waals surface area (Å²) in [5.74, 6) is 2.11. The van der Waals surface area contributed by atoms with Crippen molar-refractivity contribution in [3.05, 3.63) is 59.9 Å². The predicted molar refractivity (Wildman–Crippen MR) is 99.0 cm³/mol. The zero-order valence-electron chi connectivity index (χ0n) is 13.9. The molecule has 0 amide bonds. The molecule has 0 unspecified atom stereocenters. The van der Waals surface area contributed by atoms with E-state index in [2.05, 4.69) is 30.7 Å². The van der Waals surface area contributed by atoms with Crippen LogP contribution in [-0.4, -0.2) is 33.0 Å². The van der Waals surface area contributed by atoms with Gasteiger partial charge < -0.3 is 4.74 Å². The van der Waals surface area contributed by atoms with Gasteiger partial charge in [0.1, 0.15) is 5.75 Å². The average molecular weight is 354 g/mol. The number of thioether (sulfide) groups is 1. The minimum Gasteiger partial charge on any atom is -0.497 e. The Bertz CT molecular complexity index is 832. The van der Waals surface area contributed by atoms with Crippen molar-refractivity contribution in [1.82, 2.24) is 20.2 Å². The highest BCUT2D eigenvalue weighted by Crippen LogP contribution is 2.19. The Balaban J connectivity index is 1.56. The largest absolute Gasteiger partial charge is 0.497 e. The van der Waals surface area contributed by atoms with Gasteiger partial charge in [0.2, 0.25) is 11.1 Å². The molecule has 3 aromatic rings. The van der Waals surface area contributed by atoms with Gasteiger partial charge in [0, 0.05) is 18.1 Å². The Hall–Kier alpha value is -2.87. The van der Waals surface area contributed by atoms with Gasteiger partial charge in [-0.3, -0.25) is 4.98 Å². The zero-order chi connectivity index (χ0) is 17.5. The van der Waals surface area contributed by atoms with Crippen molar-refractivity contribution in [1.29, 1.82) is 0 Å². The van der Waals surface area contributed by atoms with Gasteiger partial charge in [0.05, 0.1) is 12.8 Å². The van der Waals surface area contributed by atoms with Crippen LogP contribution >= 0.6 is 11.8 Å². The molecule has 1 aromatic carbocycles. The third-order valence-corrected chi connectivity index (χ3v) is 4.34. The molecule has 128 valence electrons. The number of anilines is 1. The molecule has 0 spiro atoms. The van der Waals surface area contributed by atoms with Gasteiger partial charge in [-0.05, 0) is 54.4 Å². The molecule has 0 aliphatic rings. The number of aromatic amines is 1. The molecule has 2 heterocycles. The Kier molecular flexibility index (Phi) is 5.63. The predicted octanol–water partition coefficient (Wildman–Crippen LogP) is 3.34. The fourth-order valence-corrected chi connectivity index (χ4v) is 2.78. The van der Waals surface area contributed by atoms with Crippen molar-refractivity contribution in [3.63, 3.8) is 0 Å². The number of nitrogens with zero attached hydrogens (tertiary/aromatic N) is 4. The molecular weight excluding hydrogens is 336 g/mol. The van der Waals surface area contributed by atoms with Crippen LogP contribution in [0.4, 0.5) is 5.95 Å². The number of pyridine rings is 1. The summed E-state index contributed by atoms with van der Waals surface area (Å²) < 4.78 is 5.15. The quantitative estimate of drug-likeness (QED) is 0.384. The van der Waals surface area contributed by atoms with Gasteiger partial charge in [0.15, 0.2) is 0 Å². The van der Waals surface area contributed by atoms with Crippen LogP contribution in [0.1, 0.15) is 18.1 Å². The number of nitrogens with one attached hydrogen (secondary N) is 2. The topological polar surface area (TPSA) is 88.1 Å². The van der Waals surface area contributed by atoms with Crippen LogP contribution < -0.4 is 10.2 Å². The maximum atomic E-state index is 5.15. The van der Waals surface area contributed by atoms with E-state index in [-0.39, 0.29) is 0 Å². The summed E-state index contributed by atoms with van der Waals surface area (Å²) in [6, 6.07) is 11.7. The first-order valence-electron chi connectivity index (χ1n) is 7.63. The summed E-state index contributed by atoms with van der Waals surface area (Å²) in [4.78, 5) is 8.36. The number of hydrogen-bond donors (Lipinski definition) is 2. The lowest BCUT2D eigenvalue weighted by molar-refractivity contribution is 0.415. The van der Waals surface area contributed by atoms with Crippen LogP contribution in [0.3, 0.4) is 0 Å². The lowest BCUT2D eigenvalue weighted by Gasteiger charge is -2.03. The molecule has 8 heteroatoms. The van der Waals surface area contributed by atoms with Crippen LogP contribution in [0.5, 0.6) is 5.75 Å². The third-order valence-electron chi connectivity index (χ3n) is 3.42. The number of H-pyrrole nitrogens is 1. The van der Waals surface area contributed by atoms with Crippen molar-refractivity contribution < 1.29 is 4.74 Å². The molecular formula is C17H18N6OS. The molecule has 0 fully saturated rings. The van der Waals surface area contributed by atoms with Crippen LogP contribution in [0.2, 0.25) is 0 Å². The van der Waals surface area contributed by atoms with Crippen molar-refractivity contribution in [2.75, 3.05) is 12.5 Å². The fraction of sp³-hybridized carbons (Fsp3) is 0.176. The number of methoxy groups -OCH3 is 1. The van der Waals surface area contributed by atoms with Crippen molar-refractivity contribution in [2.45, 2.75) is 17.8 Å². The average Bonchev–Trinajstić information content (AvgIpc) is 3.13. The van der Waals surface area contributed by atoms with Gasteiger partial charge in [-0.15, -0.1) is 5.10 Å². The summed E-state index contributed by atoms with van der Waals surface area (Å²) in [6.45, 7) is 1.92. The number of hydrogen-bond acceptors (Lipinski definition) is 7. The molecule has 0 saturated carbocycles. The van der Waals surface area contributed by atoms with Gasteiger partial charge in [0.25, 0.3) is 0 Å². The number of hydrazone groups is 1. The molecule has 0 radical (unpaired) electrons. The van der Waals surface area contributed by atoms with E-state index in [1.807, 2.05) is 43.3 Å². The lowest BCUT2D eigenvalue weighted by atomic mass is 10.1. The van der Waals surface area contributed by atoms with Crippen molar-refractivity contribution >= 4 is 23.4 Å². The molecule has 0 aliphatic heterocycles. The second-order valence-electron chi connectivity index (χ2n) is 5.15. The number of benzene rings is 1. The van der Waals surface area contributed by atoms with Crippen LogP contribution in [-0.2, 0) is 5.75 Å². The van der Waals surface area contributed by atoms with Crippen LogP contribution in [0, 0.1) is 0 Å². The molecule has 0 atom stereocenters. The summed E-state index contributed by atoms with van der Waals surface area (Å²) in [5, 5.41) is 12.0. The minimum absolute atomic E-state index is 0.505. The Morgan fingerprint density at radius 2 is 1.96 bits per heavy atom. The Morgan fingerprint density at radius 3 is 2.68 bits per heavy atom. The van der Waals surface area contributed by atoms with Crippen LogP contribution in [0.25, 0.3) is 0 Å². The Labute approximate surface area is 149 Å². The molecule has 3 rings (SSSR count). The minimum atomic E-state index is 0.505. The summed E-state index contributed by atoms with van der Waals surface area (Å²) in [5.41, 5.74) is 5.91.